The summed E-state index contributed by atoms with van der Waals surface area (Å²) in [6.07, 6.45) is -2.63. The topological polar surface area (TPSA) is 293 Å². The number of azide groups is 1. The molecule has 1 fully saturated rings. The third kappa shape index (κ3) is 6.91. The van der Waals surface area contributed by atoms with Crippen LogP contribution >= 0.6 is 23.5 Å². The Morgan fingerprint density at radius 2 is 1.91 bits per heavy atom. The van der Waals surface area contributed by atoms with Crippen molar-refractivity contribution in [2.24, 2.45) is 5.11 Å². The van der Waals surface area contributed by atoms with Gasteiger partial charge in [-0.3, -0.25) is 18.9 Å². The second-order valence-electron chi connectivity index (χ2n) is 6.22. The molecule has 2 heterocycles. The molecular weight excluding hydrogens is 507 g/mol. The summed E-state index contributed by atoms with van der Waals surface area (Å²) in [6.45, 7) is 0.211. The highest BCUT2D eigenvalue weighted by Gasteiger charge is 2.50. The lowest BCUT2D eigenvalue weighted by Crippen LogP contribution is -2.38. The van der Waals surface area contributed by atoms with Crippen molar-refractivity contribution >= 4 is 23.5 Å². The van der Waals surface area contributed by atoms with Crippen LogP contribution in [0.4, 0.5) is 0 Å². The van der Waals surface area contributed by atoms with Gasteiger partial charge in [-0.2, -0.15) is 8.62 Å². The molecule has 1 saturated heterocycles. The molecule has 0 amide bonds. The molecule has 6 N–H and O–H groups in total. The standard InChI is InChI=1S/C10H16N5O14P3/c1-5-3-15(9(17)12-8(5)16)7-2-10(18,13-14-11)6(27-7)4-26-31(22,23)29-32(24,25)28-30(19,20)21/h3,6-7,18H,2,4H2,1H3,(H,22,23)(H,24,25)(H,12,16,17)(H2,19,20,21)/t6-,7-,10+/m1/s1. The minimum atomic E-state index is -5.78. The van der Waals surface area contributed by atoms with Crippen LogP contribution in [0.5, 0.6) is 0 Å². The van der Waals surface area contributed by atoms with Crippen LogP contribution in [0.15, 0.2) is 20.9 Å². The van der Waals surface area contributed by atoms with E-state index in [2.05, 4.69) is 23.2 Å². The number of H-pyrrole nitrogens is 1. The molecule has 2 unspecified atom stereocenters. The summed E-state index contributed by atoms with van der Waals surface area (Å²) in [5, 5.41) is 13.6. The van der Waals surface area contributed by atoms with E-state index in [4.69, 9.17) is 24.9 Å². The average molecular weight is 523 g/mol. The second kappa shape index (κ2) is 9.29. The fourth-order valence-electron chi connectivity index (χ4n) is 2.52. The van der Waals surface area contributed by atoms with E-state index in [0.29, 0.717) is 0 Å². The minimum absolute atomic E-state index is 0.0808. The van der Waals surface area contributed by atoms with Gasteiger partial charge in [0.1, 0.15) is 12.3 Å². The smallest absolute Gasteiger partial charge is 0.381 e. The highest BCUT2D eigenvalue weighted by atomic mass is 31.3. The van der Waals surface area contributed by atoms with Crippen LogP contribution in [0.2, 0.25) is 0 Å². The predicted octanol–water partition coefficient (Wildman–Crippen LogP) is -0.525. The Morgan fingerprint density at radius 3 is 2.47 bits per heavy atom. The molecule has 0 saturated carbocycles. The van der Waals surface area contributed by atoms with E-state index in [1.54, 1.807) is 0 Å². The lowest BCUT2D eigenvalue weighted by molar-refractivity contribution is -0.0782. The maximum absolute atomic E-state index is 12.0. The summed E-state index contributed by atoms with van der Waals surface area (Å²) in [4.78, 5) is 63.5. The molecule has 1 aromatic heterocycles. The first-order valence-corrected chi connectivity index (χ1v) is 12.5. The molecule has 180 valence electrons. The number of aliphatic hydroxyl groups is 1. The summed E-state index contributed by atoms with van der Waals surface area (Å²) < 4.78 is 51.4. The molecule has 1 aliphatic heterocycles. The molecule has 1 aliphatic rings. The molecule has 1 aromatic rings. The molecule has 0 aliphatic carbocycles. The van der Waals surface area contributed by atoms with Crippen LogP contribution in [0.25, 0.3) is 10.4 Å². The Bertz CT molecular complexity index is 1180. The number of phosphoric acid groups is 3. The number of aromatic nitrogens is 2. The molecule has 0 radical (unpaired) electrons. The van der Waals surface area contributed by atoms with Crippen LogP contribution in [0, 0.1) is 6.92 Å². The van der Waals surface area contributed by atoms with Crippen LogP contribution in [-0.2, 0) is 31.6 Å². The number of aryl methyl sites for hydroxylation is 1. The maximum atomic E-state index is 12.0. The Hall–Kier alpha value is -1.68. The van der Waals surface area contributed by atoms with Gasteiger partial charge in [0.2, 0.25) is 0 Å². The van der Waals surface area contributed by atoms with Gasteiger partial charge < -0.3 is 29.4 Å². The summed E-state index contributed by atoms with van der Waals surface area (Å²) in [5.41, 5.74) is 4.65. The Labute approximate surface area is 176 Å². The Morgan fingerprint density at radius 1 is 1.28 bits per heavy atom. The highest BCUT2D eigenvalue weighted by molar-refractivity contribution is 7.66. The predicted molar refractivity (Wildman–Crippen MR) is 98.5 cm³/mol. The van der Waals surface area contributed by atoms with Gasteiger partial charge in [-0.1, -0.05) is 5.11 Å². The third-order valence-electron chi connectivity index (χ3n) is 3.79. The third-order valence-corrected chi connectivity index (χ3v) is 7.59. The number of rotatable bonds is 9. The van der Waals surface area contributed by atoms with Crippen molar-refractivity contribution < 1.29 is 56.3 Å². The fraction of sp³-hybridized carbons (Fsp3) is 0.600. The molecule has 0 spiro atoms. The molecule has 0 bridgehead atoms. The van der Waals surface area contributed by atoms with E-state index < -0.39 is 65.8 Å². The van der Waals surface area contributed by atoms with Crippen molar-refractivity contribution in [2.75, 3.05) is 6.61 Å². The van der Waals surface area contributed by atoms with Crippen molar-refractivity contribution in [3.8, 4) is 0 Å². The first kappa shape index (κ1) is 26.6. The van der Waals surface area contributed by atoms with E-state index >= 15 is 0 Å². The Kier molecular flexibility index (Phi) is 7.71. The first-order chi connectivity index (χ1) is 14.5. The zero-order valence-corrected chi connectivity index (χ0v) is 18.4. The summed E-state index contributed by atoms with van der Waals surface area (Å²) in [7, 11) is -17.0. The SMILES string of the molecule is Cc1cn([C@H]2C[C@@](O)(N=[N+]=[N-])[C@@H](COP(=O)(O)OP(=O)(O)OP(=O)(O)O)O2)c(=O)[nH]c1=O. The zero-order chi connectivity index (χ0) is 24.5. The van der Waals surface area contributed by atoms with E-state index in [1.165, 1.54) is 6.92 Å². The van der Waals surface area contributed by atoms with E-state index in [9.17, 15) is 33.3 Å². The summed E-state index contributed by atoms with van der Waals surface area (Å²) >= 11 is 0. The minimum Gasteiger partial charge on any atom is -0.381 e. The lowest BCUT2D eigenvalue weighted by atomic mass is 10.1. The van der Waals surface area contributed by atoms with E-state index in [0.717, 1.165) is 10.8 Å². The number of aromatic amines is 1. The van der Waals surface area contributed by atoms with E-state index in [-0.39, 0.29) is 5.56 Å². The number of hydrogen-bond acceptors (Lipinski definition) is 11. The monoisotopic (exact) mass is 523 g/mol. The number of nitrogens with zero attached hydrogens (tertiary/aromatic N) is 4. The lowest BCUT2D eigenvalue weighted by Gasteiger charge is -2.23. The van der Waals surface area contributed by atoms with Gasteiger partial charge in [-0.05, 0) is 12.5 Å². The number of nitrogens with one attached hydrogen (secondary N) is 1. The van der Waals surface area contributed by atoms with Gasteiger partial charge in [0.25, 0.3) is 5.56 Å². The van der Waals surface area contributed by atoms with Crippen molar-refractivity contribution in [2.45, 2.75) is 31.4 Å². The summed E-state index contributed by atoms with van der Waals surface area (Å²) in [5.74, 6) is 0. The molecular formula is C10H16N5O14P3. The van der Waals surface area contributed by atoms with Gasteiger partial charge >= 0.3 is 29.2 Å². The second-order valence-corrected chi connectivity index (χ2v) is 10.6. The van der Waals surface area contributed by atoms with Gasteiger partial charge in [0.15, 0.2) is 5.72 Å². The average Bonchev–Trinajstić information content (AvgIpc) is 2.89. The Balaban J connectivity index is 2.22. The summed E-state index contributed by atoms with van der Waals surface area (Å²) in [6, 6.07) is 0. The van der Waals surface area contributed by atoms with Crippen LogP contribution < -0.4 is 11.2 Å². The normalized spacial score (nSPS) is 27.3. The molecule has 0 aromatic carbocycles. The highest BCUT2D eigenvalue weighted by Crippen LogP contribution is 2.66. The molecule has 5 atom stereocenters. The van der Waals surface area contributed by atoms with Crippen molar-refractivity contribution in [1.82, 2.24) is 9.55 Å². The number of ether oxygens (including phenoxy) is 1. The molecule has 32 heavy (non-hydrogen) atoms. The number of phosphoric ester groups is 1. The molecule has 22 heteroatoms. The van der Waals surface area contributed by atoms with Crippen LogP contribution in [0.1, 0.15) is 18.2 Å². The van der Waals surface area contributed by atoms with Crippen LogP contribution in [-0.4, -0.2) is 52.7 Å². The maximum Gasteiger partial charge on any atom is 0.490 e. The quantitative estimate of drug-likeness (QED) is 0.103. The van der Waals surface area contributed by atoms with Gasteiger partial charge in [0, 0.05) is 23.1 Å². The fourth-order valence-corrected chi connectivity index (χ4v) is 5.54. The van der Waals surface area contributed by atoms with E-state index in [1.807, 2.05) is 4.98 Å². The van der Waals surface area contributed by atoms with Gasteiger partial charge in [-0.25, -0.2) is 18.5 Å². The van der Waals surface area contributed by atoms with Gasteiger partial charge in [-0.15, -0.1) is 0 Å². The van der Waals surface area contributed by atoms with Crippen molar-refractivity contribution in [3.63, 3.8) is 0 Å². The van der Waals surface area contributed by atoms with Crippen molar-refractivity contribution in [3.05, 3.63) is 43.0 Å². The first-order valence-electron chi connectivity index (χ1n) is 8.01. The van der Waals surface area contributed by atoms with Gasteiger partial charge in [0.05, 0.1) is 6.61 Å². The molecule has 2 rings (SSSR count). The molecule has 19 nitrogen and oxygen atoms in total. The largest absolute Gasteiger partial charge is 0.490 e. The zero-order valence-electron chi connectivity index (χ0n) is 15.7. The number of hydrogen-bond donors (Lipinski definition) is 6. The van der Waals surface area contributed by atoms with Crippen LogP contribution in [0.3, 0.4) is 0 Å². The van der Waals surface area contributed by atoms with Crippen molar-refractivity contribution in [1.29, 1.82) is 0 Å².